The van der Waals surface area contributed by atoms with Crippen molar-refractivity contribution in [2.24, 2.45) is 7.05 Å². The number of carbonyl (C=O) groups is 1. The van der Waals surface area contributed by atoms with Gasteiger partial charge in [0.15, 0.2) is 0 Å². The SMILES string of the molecule is CC[C@@H](NC(=O)CCc1nncn1C)c1nccs1. The maximum atomic E-state index is 11.9. The summed E-state index contributed by atoms with van der Waals surface area (Å²) in [4.78, 5) is 16.2. The maximum Gasteiger partial charge on any atom is 0.221 e. The van der Waals surface area contributed by atoms with E-state index in [1.807, 2.05) is 23.9 Å². The van der Waals surface area contributed by atoms with Gasteiger partial charge in [-0.25, -0.2) is 4.98 Å². The summed E-state index contributed by atoms with van der Waals surface area (Å²) >= 11 is 1.56. The van der Waals surface area contributed by atoms with Gasteiger partial charge in [-0.3, -0.25) is 4.79 Å². The average Bonchev–Trinajstić information content (AvgIpc) is 3.05. The van der Waals surface area contributed by atoms with E-state index in [0.29, 0.717) is 12.8 Å². The summed E-state index contributed by atoms with van der Waals surface area (Å²) in [5.41, 5.74) is 0. The van der Waals surface area contributed by atoms with Gasteiger partial charge in [0.05, 0.1) is 6.04 Å². The van der Waals surface area contributed by atoms with Crippen molar-refractivity contribution < 1.29 is 4.79 Å². The lowest BCUT2D eigenvalue weighted by molar-refractivity contribution is -0.121. The van der Waals surface area contributed by atoms with Crippen molar-refractivity contribution in [2.45, 2.75) is 32.2 Å². The normalized spacial score (nSPS) is 12.3. The summed E-state index contributed by atoms with van der Waals surface area (Å²) in [6.07, 6.45) is 5.24. The number of nitrogens with zero attached hydrogens (tertiary/aromatic N) is 4. The van der Waals surface area contributed by atoms with E-state index in [0.717, 1.165) is 17.3 Å². The molecule has 0 saturated carbocycles. The second kappa shape index (κ2) is 6.42. The minimum atomic E-state index is 0.00648. The number of rotatable bonds is 6. The third-order valence-corrected chi connectivity index (χ3v) is 3.76. The lowest BCUT2D eigenvalue weighted by Gasteiger charge is -2.14. The van der Waals surface area contributed by atoms with Crippen molar-refractivity contribution in [3.63, 3.8) is 0 Å². The molecule has 2 aromatic rings. The molecule has 1 N–H and O–H groups in total. The number of carbonyl (C=O) groups excluding carboxylic acids is 1. The largest absolute Gasteiger partial charge is 0.347 e. The molecule has 102 valence electrons. The molecule has 0 unspecified atom stereocenters. The molecule has 7 heteroatoms. The van der Waals surface area contributed by atoms with E-state index < -0.39 is 0 Å². The topological polar surface area (TPSA) is 72.7 Å². The highest BCUT2D eigenvalue weighted by Gasteiger charge is 2.15. The van der Waals surface area contributed by atoms with Crippen LogP contribution >= 0.6 is 11.3 Å². The first-order valence-electron chi connectivity index (χ1n) is 6.22. The number of nitrogens with one attached hydrogen (secondary N) is 1. The zero-order valence-electron chi connectivity index (χ0n) is 11.0. The third kappa shape index (κ3) is 3.60. The molecule has 0 bridgehead atoms. The molecule has 0 aliphatic heterocycles. The van der Waals surface area contributed by atoms with Crippen molar-refractivity contribution in [1.82, 2.24) is 25.1 Å². The molecular formula is C12H17N5OS. The number of hydrogen-bond donors (Lipinski definition) is 1. The monoisotopic (exact) mass is 279 g/mol. The summed E-state index contributed by atoms with van der Waals surface area (Å²) < 4.78 is 1.82. The lowest BCUT2D eigenvalue weighted by atomic mass is 10.2. The van der Waals surface area contributed by atoms with Crippen LogP contribution in [0.1, 0.15) is 36.6 Å². The van der Waals surface area contributed by atoms with Gasteiger partial charge in [0.1, 0.15) is 17.2 Å². The van der Waals surface area contributed by atoms with E-state index >= 15 is 0 Å². The van der Waals surface area contributed by atoms with Crippen molar-refractivity contribution in [2.75, 3.05) is 0 Å². The standard InChI is InChI=1S/C12H17N5OS/c1-3-9(12-13-6-7-19-12)15-11(18)5-4-10-16-14-8-17(10)2/h6-9H,3-5H2,1-2H3,(H,15,18)/t9-/m1/s1. The van der Waals surface area contributed by atoms with E-state index in [1.165, 1.54) is 0 Å². The molecule has 1 amide bonds. The summed E-state index contributed by atoms with van der Waals surface area (Å²) in [6, 6.07) is 0.00648. The van der Waals surface area contributed by atoms with Crippen LogP contribution in [-0.2, 0) is 18.3 Å². The number of thiazole rings is 1. The summed E-state index contributed by atoms with van der Waals surface area (Å²) in [6.45, 7) is 2.04. The summed E-state index contributed by atoms with van der Waals surface area (Å²) in [7, 11) is 1.87. The molecule has 6 nitrogen and oxygen atoms in total. The van der Waals surface area contributed by atoms with Crippen LogP contribution in [0.3, 0.4) is 0 Å². The molecule has 2 aromatic heterocycles. The number of aromatic nitrogens is 4. The van der Waals surface area contributed by atoms with Gasteiger partial charge in [0, 0.05) is 31.5 Å². The molecule has 2 rings (SSSR count). The predicted octanol–water partition coefficient (Wildman–Crippen LogP) is 1.47. The number of aryl methyl sites for hydroxylation is 2. The second-order valence-electron chi connectivity index (χ2n) is 4.26. The van der Waals surface area contributed by atoms with Crippen LogP contribution in [-0.4, -0.2) is 25.7 Å². The predicted molar refractivity (Wildman–Crippen MR) is 72.6 cm³/mol. The van der Waals surface area contributed by atoms with Crippen LogP contribution in [0.4, 0.5) is 0 Å². The molecule has 0 spiro atoms. The molecule has 0 aliphatic carbocycles. The van der Waals surface area contributed by atoms with Crippen molar-refractivity contribution in [3.05, 3.63) is 28.7 Å². The van der Waals surface area contributed by atoms with E-state index in [1.54, 1.807) is 23.9 Å². The molecule has 0 aliphatic rings. The van der Waals surface area contributed by atoms with Crippen LogP contribution < -0.4 is 5.32 Å². The second-order valence-corrected chi connectivity index (χ2v) is 5.18. The Balaban J connectivity index is 1.85. The Morgan fingerprint density at radius 3 is 3.00 bits per heavy atom. The Kier molecular flexibility index (Phi) is 4.62. The van der Waals surface area contributed by atoms with Gasteiger partial charge in [-0.15, -0.1) is 21.5 Å². The van der Waals surface area contributed by atoms with Crippen LogP contribution in [0.15, 0.2) is 17.9 Å². The smallest absolute Gasteiger partial charge is 0.221 e. The van der Waals surface area contributed by atoms with E-state index in [2.05, 4.69) is 20.5 Å². The zero-order valence-corrected chi connectivity index (χ0v) is 11.9. The first-order valence-corrected chi connectivity index (χ1v) is 7.10. The van der Waals surface area contributed by atoms with Crippen molar-refractivity contribution in [1.29, 1.82) is 0 Å². The summed E-state index contributed by atoms with van der Waals surface area (Å²) in [5.74, 6) is 0.836. The van der Waals surface area contributed by atoms with Gasteiger partial charge >= 0.3 is 0 Å². The first kappa shape index (κ1) is 13.7. The molecule has 0 radical (unpaired) electrons. The average molecular weight is 279 g/mol. The Morgan fingerprint density at radius 2 is 2.42 bits per heavy atom. The number of hydrogen-bond acceptors (Lipinski definition) is 5. The highest BCUT2D eigenvalue weighted by molar-refractivity contribution is 7.09. The van der Waals surface area contributed by atoms with Crippen LogP contribution in [0.25, 0.3) is 0 Å². The van der Waals surface area contributed by atoms with Gasteiger partial charge in [-0.2, -0.15) is 0 Å². The van der Waals surface area contributed by atoms with Crippen molar-refractivity contribution in [3.8, 4) is 0 Å². The molecule has 0 fully saturated rings. The highest BCUT2D eigenvalue weighted by atomic mass is 32.1. The lowest BCUT2D eigenvalue weighted by Crippen LogP contribution is -2.28. The van der Waals surface area contributed by atoms with Gasteiger partial charge in [-0.05, 0) is 6.42 Å². The van der Waals surface area contributed by atoms with Gasteiger partial charge in [0.2, 0.25) is 5.91 Å². The van der Waals surface area contributed by atoms with Gasteiger partial charge < -0.3 is 9.88 Å². The van der Waals surface area contributed by atoms with E-state index in [4.69, 9.17) is 0 Å². The zero-order chi connectivity index (χ0) is 13.7. The Labute approximate surface area is 115 Å². The quantitative estimate of drug-likeness (QED) is 0.869. The van der Waals surface area contributed by atoms with Crippen LogP contribution in [0, 0.1) is 0 Å². The minimum absolute atomic E-state index is 0.00648. The van der Waals surface area contributed by atoms with Crippen LogP contribution in [0.5, 0.6) is 0 Å². The first-order chi connectivity index (χ1) is 9.20. The Hall–Kier alpha value is -1.76. The molecule has 0 aromatic carbocycles. The van der Waals surface area contributed by atoms with E-state index in [9.17, 15) is 4.79 Å². The van der Waals surface area contributed by atoms with Crippen molar-refractivity contribution >= 4 is 17.2 Å². The molecule has 2 heterocycles. The maximum absolute atomic E-state index is 11.9. The van der Waals surface area contributed by atoms with E-state index in [-0.39, 0.29) is 11.9 Å². The fourth-order valence-electron chi connectivity index (χ4n) is 1.77. The van der Waals surface area contributed by atoms with Crippen LogP contribution in [0.2, 0.25) is 0 Å². The minimum Gasteiger partial charge on any atom is -0.347 e. The fraction of sp³-hybridized carbons (Fsp3) is 0.500. The molecular weight excluding hydrogens is 262 g/mol. The Bertz CT molecular complexity index is 522. The third-order valence-electron chi connectivity index (χ3n) is 2.87. The van der Waals surface area contributed by atoms with Gasteiger partial charge in [0.25, 0.3) is 0 Å². The number of amides is 1. The molecule has 0 saturated heterocycles. The summed E-state index contributed by atoms with van der Waals surface area (Å²) in [5, 5.41) is 13.6. The fourth-order valence-corrected chi connectivity index (χ4v) is 2.54. The molecule has 19 heavy (non-hydrogen) atoms. The molecule has 1 atom stereocenters. The van der Waals surface area contributed by atoms with Gasteiger partial charge in [-0.1, -0.05) is 6.92 Å². The highest BCUT2D eigenvalue weighted by Crippen LogP contribution is 2.18. The Morgan fingerprint density at radius 1 is 1.58 bits per heavy atom.